The maximum absolute atomic E-state index is 11.5. The van der Waals surface area contributed by atoms with Crippen molar-refractivity contribution in [1.29, 1.82) is 0 Å². The molecule has 0 saturated carbocycles. The zero-order chi connectivity index (χ0) is 19.3. The molecule has 0 fully saturated rings. The van der Waals surface area contributed by atoms with Crippen LogP contribution in [0.3, 0.4) is 0 Å². The summed E-state index contributed by atoms with van der Waals surface area (Å²) in [5.74, 6) is 16.6. The normalized spacial score (nSPS) is 8.00. The quantitative estimate of drug-likeness (QED) is 0.217. The average Bonchev–Trinajstić information content (AvgIpc) is 2.64. The Balaban J connectivity index is 0. The summed E-state index contributed by atoms with van der Waals surface area (Å²) in [6.07, 6.45) is 15.8. The molecular formula is C18H25N5O2. The zero-order valence-corrected chi connectivity index (χ0v) is 14.1. The van der Waals surface area contributed by atoms with Gasteiger partial charge in [0.25, 0.3) is 5.91 Å². The number of carbonyl (C=O) groups is 1. The van der Waals surface area contributed by atoms with Gasteiger partial charge in [-0.1, -0.05) is 5.92 Å². The molecule has 134 valence electrons. The number of rotatable bonds is 6. The number of nitrogen functional groups attached to an aromatic ring is 1. The predicted molar refractivity (Wildman–Crippen MR) is 102 cm³/mol. The van der Waals surface area contributed by atoms with Crippen LogP contribution in [0.5, 0.6) is 0 Å². The lowest BCUT2D eigenvalue weighted by Gasteiger charge is -2.04. The molecule has 0 saturated heterocycles. The fraction of sp³-hybridized carbons (Fsp3) is 0.278. The molecule has 1 rings (SSSR count). The maximum Gasteiger partial charge on any atom is 0.251 e. The summed E-state index contributed by atoms with van der Waals surface area (Å²) in [6.45, 7) is 1.29. The summed E-state index contributed by atoms with van der Waals surface area (Å²) < 4.78 is 0. The molecular weight excluding hydrogens is 318 g/mol. The topological polar surface area (TPSA) is 128 Å². The van der Waals surface area contributed by atoms with Gasteiger partial charge in [-0.2, -0.15) is 0 Å². The molecule has 7 heteroatoms. The van der Waals surface area contributed by atoms with E-state index < -0.39 is 0 Å². The Labute approximate surface area is 149 Å². The van der Waals surface area contributed by atoms with Crippen molar-refractivity contribution >= 4 is 11.6 Å². The Kier molecular flexibility index (Phi) is 18.5. The fourth-order valence-corrected chi connectivity index (χ4v) is 1.20. The third kappa shape index (κ3) is 15.7. The number of nitrogens with one attached hydrogen (secondary N) is 2. The number of terminal acetylenes is 3. The molecule has 8 N–H and O–H groups in total. The van der Waals surface area contributed by atoms with Gasteiger partial charge in [-0.3, -0.25) is 15.5 Å². The Bertz CT molecular complexity index is 563. The Hall–Kier alpha value is -2.99. The van der Waals surface area contributed by atoms with Crippen LogP contribution in [0.1, 0.15) is 23.2 Å². The highest BCUT2D eigenvalue weighted by molar-refractivity contribution is 5.94. The average molecular weight is 343 g/mol. The standard InChI is InChI=1S/C11H13N3O.C4H7N.C3H5NO/c1-2-3-8-13-11(15)9-4-6-10(14-12)7-5-9;1-2-3-4-5;1-2-3-5-4/h1,4-7,14H,3,8,12H2,(H,13,15);1H,3-5H2;1H,3-4H2. The van der Waals surface area contributed by atoms with Crippen LogP contribution in [0, 0.1) is 37.0 Å². The molecule has 0 aliphatic rings. The summed E-state index contributed by atoms with van der Waals surface area (Å²) in [7, 11) is 0. The fourth-order valence-electron chi connectivity index (χ4n) is 1.20. The number of hydrogen-bond donors (Lipinski definition) is 5. The van der Waals surface area contributed by atoms with E-state index in [4.69, 9.17) is 24.4 Å². The van der Waals surface area contributed by atoms with Crippen LogP contribution < -0.4 is 28.2 Å². The van der Waals surface area contributed by atoms with Crippen molar-refractivity contribution in [2.75, 3.05) is 25.1 Å². The monoisotopic (exact) mass is 343 g/mol. The number of anilines is 1. The van der Waals surface area contributed by atoms with Crippen LogP contribution in [0.15, 0.2) is 24.3 Å². The minimum Gasteiger partial charge on any atom is -0.351 e. The first kappa shape index (κ1) is 24.3. The van der Waals surface area contributed by atoms with Crippen LogP contribution in [-0.4, -0.2) is 25.6 Å². The number of carbonyl (C=O) groups excluding carboxylic acids is 1. The van der Waals surface area contributed by atoms with Crippen molar-refractivity contribution in [2.24, 2.45) is 17.5 Å². The van der Waals surface area contributed by atoms with Crippen LogP contribution in [0.2, 0.25) is 0 Å². The molecule has 0 radical (unpaired) electrons. The highest BCUT2D eigenvalue weighted by Crippen LogP contribution is 2.07. The number of benzene rings is 1. The largest absolute Gasteiger partial charge is 0.351 e. The van der Waals surface area contributed by atoms with Crippen molar-refractivity contribution < 1.29 is 9.63 Å². The number of nitrogens with two attached hydrogens (primary N) is 3. The molecule has 0 bridgehead atoms. The second-order valence-corrected chi connectivity index (χ2v) is 4.19. The molecule has 25 heavy (non-hydrogen) atoms. The zero-order valence-electron chi connectivity index (χ0n) is 14.1. The molecule has 0 spiro atoms. The second-order valence-electron chi connectivity index (χ2n) is 4.19. The van der Waals surface area contributed by atoms with Crippen molar-refractivity contribution in [3.8, 4) is 37.0 Å². The van der Waals surface area contributed by atoms with Gasteiger partial charge in [0.15, 0.2) is 0 Å². The highest BCUT2D eigenvalue weighted by atomic mass is 16.6. The van der Waals surface area contributed by atoms with Crippen LogP contribution in [0.25, 0.3) is 0 Å². The Morgan fingerprint density at radius 2 is 1.68 bits per heavy atom. The number of amides is 1. The third-order valence-corrected chi connectivity index (χ3v) is 2.32. The minimum absolute atomic E-state index is 0.131. The molecule has 1 aromatic carbocycles. The van der Waals surface area contributed by atoms with Crippen molar-refractivity contribution in [2.45, 2.75) is 12.8 Å². The van der Waals surface area contributed by atoms with Crippen LogP contribution in [-0.2, 0) is 4.84 Å². The van der Waals surface area contributed by atoms with Crippen molar-refractivity contribution in [3.05, 3.63) is 29.8 Å². The third-order valence-electron chi connectivity index (χ3n) is 2.32. The van der Waals surface area contributed by atoms with Crippen LogP contribution in [0.4, 0.5) is 5.69 Å². The van der Waals surface area contributed by atoms with E-state index in [0.29, 0.717) is 31.5 Å². The summed E-state index contributed by atoms with van der Waals surface area (Å²) >= 11 is 0. The number of hydrazine groups is 1. The van der Waals surface area contributed by atoms with Gasteiger partial charge in [0.2, 0.25) is 0 Å². The smallest absolute Gasteiger partial charge is 0.251 e. The SMILES string of the molecule is C#CCCN.C#CCCNC(=O)c1ccc(NN)cc1.C#CCON. The minimum atomic E-state index is -0.131. The summed E-state index contributed by atoms with van der Waals surface area (Å²) in [6, 6.07) is 6.85. The van der Waals surface area contributed by atoms with E-state index in [9.17, 15) is 4.79 Å². The summed E-state index contributed by atoms with van der Waals surface area (Å²) in [5, 5.41) is 2.70. The van der Waals surface area contributed by atoms with E-state index in [2.05, 4.69) is 45.7 Å². The van der Waals surface area contributed by atoms with E-state index in [0.717, 1.165) is 5.69 Å². The molecule has 7 nitrogen and oxygen atoms in total. The Morgan fingerprint density at radius 3 is 2.00 bits per heavy atom. The first-order valence-corrected chi connectivity index (χ1v) is 7.28. The lowest BCUT2D eigenvalue weighted by molar-refractivity contribution is 0.0954. The van der Waals surface area contributed by atoms with Gasteiger partial charge in [0, 0.05) is 37.2 Å². The first-order chi connectivity index (χ1) is 12.1. The molecule has 0 unspecified atom stereocenters. The number of hydrogen-bond acceptors (Lipinski definition) is 6. The van der Waals surface area contributed by atoms with E-state index in [1.54, 1.807) is 24.3 Å². The van der Waals surface area contributed by atoms with Gasteiger partial charge < -0.3 is 16.5 Å². The highest BCUT2D eigenvalue weighted by Gasteiger charge is 2.03. The van der Waals surface area contributed by atoms with Gasteiger partial charge in [0.1, 0.15) is 6.61 Å². The lowest BCUT2D eigenvalue weighted by Crippen LogP contribution is -2.24. The molecule has 1 aromatic rings. The molecule has 0 aromatic heterocycles. The van der Waals surface area contributed by atoms with Gasteiger partial charge in [-0.25, -0.2) is 5.90 Å². The molecule has 0 aliphatic heterocycles. The van der Waals surface area contributed by atoms with Gasteiger partial charge in [-0.15, -0.1) is 31.1 Å². The summed E-state index contributed by atoms with van der Waals surface area (Å²) in [4.78, 5) is 15.4. The van der Waals surface area contributed by atoms with Gasteiger partial charge >= 0.3 is 0 Å². The Morgan fingerprint density at radius 1 is 1.08 bits per heavy atom. The lowest BCUT2D eigenvalue weighted by atomic mass is 10.2. The summed E-state index contributed by atoms with van der Waals surface area (Å²) in [5.41, 5.74) is 8.83. The van der Waals surface area contributed by atoms with E-state index in [1.807, 2.05) is 0 Å². The molecule has 1 amide bonds. The molecule has 0 atom stereocenters. The van der Waals surface area contributed by atoms with Gasteiger partial charge in [0.05, 0.1) is 0 Å². The van der Waals surface area contributed by atoms with E-state index in [1.165, 1.54) is 0 Å². The second kappa shape index (κ2) is 19.1. The van der Waals surface area contributed by atoms with E-state index >= 15 is 0 Å². The van der Waals surface area contributed by atoms with Crippen LogP contribution >= 0.6 is 0 Å². The van der Waals surface area contributed by atoms with E-state index in [-0.39, 0.29) is 12.5 Å². The first-order valence-electron chi connectivity index (χ1n) is 7.28. The van der Waals surface area contributed by atoms with Crippen molar-refractivity contribution in [1.82, 2.24) is 5.32 Å². The van der Waals surface area contributed by atoms with Gasteiger partial charge in [-0.05, 0) is 24.3 Å². The van der Waals surface area contributed by atoms with Crippen molar-refractivity contribution in [3.63, 3.8) is 0 Å². The maximum atomic E-state index is 11.5. The molecule has 0 heterocycles. The molecule has 0 aliphatic carbocycles. The predicted octanol–water partition coefficient (Wildman–Crippen LogP) is 0.204.